The molecule has 1 amide bonds. The molecule has 2 aromatic carbocycles. The number of rotatable bonds is 6. The van der Waals surface area contributed by atoms with E-state index in [9.17, 15) is 27.9 Å². The fraction of sp³-hybridized carbons (Fsp3) is 0.208. The fourth-order valence-corrected chi connectivity index (χ4v) is 3.93. The van der Waals surface area contributed by atoms with E-state index in [1.54, 1.807) is 0 Å². The van der Waals surface area contributed by atoms with Gasteiger partial charge < -0.3 is 15.2 Å². The molecule has 6 nitrogen and oxygen atoms in total. The number of carboxylic acids is 1. The van der Waals surface area contributed by atoms with E-state index in [0.29, 0.717) is 0 Å². The molecule has 0 spiro atoms. The lowest BCUT2D eigenvalue weighted by atomic mass is 9.98. The number of alkyl carbamates (subject to hydrolysis) is 1. The van der Waals surface area contributed by atoms with Crippen molar-refractivity contribution in [3.8, 4) is 11.1 Å². The minimum absolute atomic E-state index is 0.00797. The first-order valence-corrected chi connectivity index (χ1v) is 10.1. The second-order valence-electron chi connectivity index (χ2n) is 7.61. The predicted octanol–water partition coefficient (Wildman–Crippen LogP) is 4.63. The van der Waals surface area contributed by atoms with Crippen molar-refractivity contribution in [3.05, 3.63) is 89.2 Å². The highest BCUT2D eigenvalue weighted by molar-refractivity contribution is 5.81. The van der Waals surface area contributed by atoms with Crippen LogP contribution in [0, 0.1) is 0 Å². The second-order valence-corrected chi connectivity index (χ2v) is 7.61. The largest absolute Gasteiger partial charge is 0.480 e. The van der Waals surface area contributed by atoms with Crippen molar-refractivity contribution in [2.24, 2.45) is 0 Å². The highest BCUT2D eigenvalue weighted by atomic mass is 19.4. The van der Waals surface area contributed by atoms with Gasteiger partial charge in [-0.15, -0.1) is 0 Å². The first-order valence-electron chi connectivity index (χ1n) is 10.1. The Morgan fingerprint density at radius 1 is 1.00 bits per heavy atom. The van der Waals surface area contributed by atoms with Crippen molar-refractivity contribution >= 4 is 12.1 Å². The van der Waals surface area contributed by atoms with Crippen LogP contribution >= 0.6 is 0 Å². The first kappa shape index (κ1) is 22.3. The molecule has 0 radical (unpaired) electrons. The van der Waals surface area contributed by atoms with Crippen LogP contribution in [-0.4, -0.2) is 34.8 Å². The highest BCUT2D eigenvalue weighted by Crippen LogP contribution is 2.44. The van der Waals surface area contributed by atoms with E-state index in [-0.39, 0.29) is 24.5 Å². The third-order valence-electron chi connectivity index (χ3n) is 5.49. The van der Waals surface area contributed by atoms with Gasteiger partial charge in [-0.25, -0.2) is 9.59 Å². The molecule has 33 heavy (non-hydrogen) atoms. The lowest BCUT2D eigenvalue weighted by Crippen LogP contribution is -2.43. The summed E-state index contributed by atoms with van der Waals surface area (Å²) in [6.45, 7) is 0.00797. The molecule has 3 aromatic rings. The van der Waals surface area contributed by atoms with E-state index in [1.807, 2.05) is 48.5 Å². The number of amides is 1. The van der Waals surface area contributed by atoms with Crippen LogP contribution in [0.3, 0.4) is 0 Å². The molecule has 1 aromatic heterocycles. The van der Waals surface area contributed by atoms with Crippen LogP contribution in [0.2, 0.25) is 0 Å². The van der Waals surface area contributed by atoms with Gasteiger partial charge >= 0.3 is 18.2 Å². The van der Waals surface area contributed by atoms with Gasteiger partial charge in [0.2, 0.25) is 0 Å². The quantitative estimate of drug-likeness (QED) is 0.565. The normalized spacial score (nSPS) is 13.7. The summed E-state index contributed by atoms with van der Waals surface area (Å²) in [5, 5.41) is 11.7. The van der Waals surface area contributed by atoms with Crippen LogP contribution in [0.25, 0.3) is 11.1 Å². The predicted molar refractivity (Wildman–Crippen MR) is 113 cm³/mol. The van der Waals surface area contributed by atoms with Gasteiger partial charge in [0, 0.05) is 18.5 Å². The molecule has 1 aliphatic carbocycles. The molecule has 1 atom stereocenters. The number of nitrogens with zero attached hydrogens (tertiary/aromatic N) is 1. The van der Waals surface area contributed by atoms with Crippen LogP contribution in [0.1, 0.15) is 28.3 Å². The number of halogens is 3. The van der Waals surface area contributed by atoms with E-state index < -0.39 is 30.0 Å². The number of pyridine rings is 1. The van der Waals surface area contributed by atoms with Crippen LogP contribution in [0.15, 0.2) is 66.9 Å². The number of hydrogen-bond donors (Lipinski definition) is 2. The zero-order chi connectivity index (χ0) is 23.6. The van der Waals surface area contributed by atoms with Crippen molar-refractivity contribution in [1.29, 1.82) is 0 Å². The Labute approximate surface area is 187 Å². The number of fused-ring (bicyclic) bond motifs is 3. The average Bonchev–Trinajstić information content (AvgIpc) is 3.11. The van der Waals surface area contributed by atoms with E-state index in [2.05, 4.69) is 10.3 Å². The third-order valence-corrected chi connectivity index (χ3v) is 5.49. The van der Waals surface area contributed by atoms with Crippen molar-refractivity contribution < 1.29 is 32.6 Å². The van der Waals surface area contributed by atoms with Crippen LogP contribution in [0.4, 0.5) is 18.0 Å². The maximum absolute atomic E-state index is 12.7. The van der Waals surface area contributed by atoms with Crippen molar-refractivity contribution in [3.63, 3.8) is 0 Å². The number of alkyl halides is 3. The lowest BCUT2D eigenvalue weighted by molar-refractivity contribution is -0.141. The molecule has 0 fully saturated rings. The van der Waals surface area contributed by atoms with Gasteiger partial charge in [0.15, 0.2) is 0 Å². The van der Waals surface area contributed by atoms with Gasteiger partial charge in [-0.2, -0.15) is 13.2 Å². The standard InChI is InChI=1S/C24H19F3N2O4/c25-24(26,27)21-10-9-14(12-28-21)11-20(22(30)31)29-23(32)33-13-19-17-7-3-1-5-15(17)16-6-2-4-8-18(16)19/h1-10,12,19-20H,11,13H2,(H,29,32)(H,30,31). The Hall–Kier alpha value is -3.88. The molecule has 0 saturated carbocycles. The summed E-state index contributed by atoms with van der Waals surface area (Å²) < 4.78 is 43.3. The average molecular weight is 456 g/mol. The Morgan fingerprint density at radius 3 is 2.12 bits per heavy atom. The lowest BCUT2D eigenvalue weighted by Gasteiger charge is -2.17. The molecule has 1 unspecified atom stereocenters. The summed E-state index contributed by atoms with van der Waals surface area (Å²) in [6, 6.07) is 16.1. The zero-order valence-corrected chi connectivity index (χ0v) is 17.2. The number of carbonyl (C=O) groups excluding carboxylic acids is 1. The molecule has 0 aliphatic heterocycles. The molecule has 1 aliphatic rings. The number of carbonyl (C=O) groups is 2. The Balaban J connectivity index is 1.41. The summed E-state index contributed by atoms with van der Waals surface area (Å²) in [5.41, 5.74) is 3.28. The molecular formula is C24H19F3N2O4. The maximum Gasteiger partial charge on any atom is 0.433 e. The zero-order valence-electron chi connectivity index (χ0n) is 17.2. The number of benzene rings is 2. The van der Waals surface area contributed by atoms with Gasteiger partial charge in [-0.1, -0.05) is 54.6 Å². The number of aliphatic carboxylic acids is 1. The summed E-state index contributed by atoms with van der Waals surface area (Å²) in [5.74, 6) is -1.53. The summed E-state index contributed by atoms with van der Waals surface area (Å²) in [4.78, 5) is 27.2. The van der Waals surface area contributed by atoms with Gasteiger partial charge in [-0.3, -0.25) is 4.98 Å². The van der Waals surface area contributed by atoms with Crippen LogP contribution in [-0.2, 0) is 22.1 Å². The molecule has 0 bridgehead atoms. The van der Waals surface area contributed by atoms with Crippen LogP contribution < -0.4 is 5.32 Å². The van der Waals surface area contributed by atoms with Crippen molar-refractivity contribution in [1.82, 2.24) is 10.3 Å². The second kappa shape index (κ2) is 8.93. The van der Waals surface area contributed by atoms with Gasteiger partial charge in [0.05, 0.1) is 0 Å². The molecular weight excluding hydrogens is 437 g/mol. The fourth-order valence-electron chi connectivity index (χ4n) is 3.93. The van der Waals surface area contributed by atoms with Crippen molar-refractivity contribution in [2.45, 2.75) is 24.6 Å². The van der Waals surface area contributed by atoms with Gasteiger partial charge in [-0.05, 0) is 33.9 Å². The topological polar surface area (TPSA) is 88.5 Å². The highest BCUT2D eigenvalue weighted by Gasteiger charge is 2.33. The Kier molecular flexibility index (Phi) is 6.04. The SMILES string of the molecule is O=C(NC(Cc1ccc(C(F)(F)F)nc1)C(=O)O)OCC1c2ccccc2-c2ccccc21. The number of ether oxygens (including phenoxy) is 1. The summed E-state index contributed by atoms with van der Waals surface area (Å²) >= 11 is 0. The number of hydrogen-bond acceptors (Lipinski definition) is 4. The van der Waals surface area contributed by atoms with Crippen molar-refractivity contribution in [2.75, 3.05) is 6.61 Å². The summed E-state index contributed by atoms with van der Waals surface area (Å²) in [6.07, 6.45) is -4.82. The monoisotopic (exact) mass is 456 g/mol. The molecule has 9 heteroatoms. The Bertz CT molecular complexity index is 1130. The van der Waals surface area contributed by atoms with E-state index >= 15 is 0 Å². The Morgan fingerprint density at radius 2 is 1.61 bits per heavy atom. The number of aromatic nitrogens is 1. The van der Waals surface area contributed by atoms with E-state index in [4.69, 9.17) is 4.74 Å². The van der Waals surface area contributed by atoms with Gasteiger partial charge in [0.1, 0.15) is 18.3 Å². The number of nitrogens with one attached hydrogen (secondary N) is 1. The maximum atomic E-state index is 12.7. The summed E-state index contributed by atoms with van der Waals surface area (Å²) in [7, 11) is 0. The molecule has 4 rings (SSSR count). The minimum Gasteiger partial charge on any atom is -0.480 e. The molecule has 0 saturated heterocycles. The minimum atomic E-state index is -4.59. The van der Waals surface area contributed by atoms with Gasteiger partial charge in [0.25, 0.3) is 0 Å². The smallest absolute Gasteiger partial charge is 0.433 e. The van der Waals surface area contributed by atoms with E-state index in [0.717, 1.165) is 40.6 Å². The van der Waals surface area contributed by atoms with Crippen LogP contribution in [0.5, 0.6) is 0 Å². The van der Waals surface area contributed by atoms with E-state index in [1.165, 1.54) is 0 Å². The first-order chi connectivity index (χ1) is 15.7. The number of carboxylic acid groups (broad SMARTS) is 1. The molecule has 170 valence electrons. The molecule has 1 heterocycles. The molecule has 2 N–H and O–H groups in total. The third kappa shape index (κ3) is 4.82.